The topological polar surface area (TPSA) is 77.9 Å². The first kappa shape index (κ1) is 13.4. The van der Waals surface area contributed by atoms with E-state index in [1.807, 2.05) is 0 Å². The molecule has 1 rings (SSSR count). The molecule has 0 unspecified atom stereocenters. The minimum atomic E-state index is -3.66. The van der Waals surface area contributed by atoms with Crippen LogP contribution >= 0.6 is 0 Å². The van der Waals surface area contributed by atoms with Gasteiger partial charge in [-0.05, 0) is 26.7 Å². The SMILES string of the molecule is CN(C(C)(C)C(=O)O)S(=O)(=O)N1CCCC1. The van der Waals surface area contributed by atoms with Crippen LogP contribution in [0.2, 0.25) is 0 Å². The van der Waals surface area contributed by atoms with Crippen LogP contribution in [0.15, 0.2) is 0 Å². The summed E-state index contributed by atoms with van der Waals surface area (Å²) in [6.07, 6.45) is 1.67. The number of likely N-dealkylation sites (N-methyl/N-ethyl adjacent to an activating group) is 1. The molecule has 0 saturated carbocycles. The second kappa shape index (κ2) is 4.31. The van der Waals surface area contributed by atoms with Crippen molar-refractivity contribution in [1.82, 2.24) is 8.61 Å². The Hall–Kier alpha value is -0.660. The van der Waals surface area contributed by atoms with Crippen LogP contribution in [0.25, 0.3) is 0 Å². The van der Waals surface area contributed by atoms with Gasteiger partial charge in [0.05, 0.1) is 0 Å². The highest BCUT2D eigenvalue weighted by Crippen LogP contribution is 2.22. The number of carboxylic acids is 1. The maximum absolute atomic E-state index is 12.1. The molecular weight excluding hydrogens is 232 g/mol. The number of carboxylic acid groups (broad SMARTS) is 1. The van der Waals surface area contributed by atoms with Crippen LogP contribution in [0.5, 0.6) is 0 Å². The van der Waals surface area contributed by atoms with E-state index in [0.29, 0.717) is 13.1 Å². The molecule has 7 heteroatoms. The first-order valence-electron chi connectivity index (χ1n) is 5.18. The quantitative estimate of drug-likeness (QED) is 0.769. The van der Waals surface area contributed by atoms with Crippen LogP contribution in [0.1, 0.15) is 26.7 Å². The first-order chi connectivity index (χ1) is 7.20. The van der Waals surface area contributed by atoms with Gasteiger partial charge in [-0.1, -0.05) is 0 Å². The van der Waals surface area contributed by atoms with Crippen LogP contribution in [-0.4, -0.2) is 53.8 Å². The van der Waals surface area contributed by atoms with Gasteiger partial charge in [0.1, 0.15) is 5.54 Å². The molecule has 1 saturated heterocycles. The molecule has 6 nitrogen and oxygen atoms in total. The van der Waals surface area contributed by atoms with Gasteiger partial charge in [-0.2, -0.15) is 17.0 Å². The van der Waals surface area contributed by atoms with E-state index in [2.05, 4.69) is 0 Å². The number of nitrogens with zero attached hydrogens (tertiary/aromatic N) is 2. The predicted molar refractivity (Wildman–Crippen MR) is 59.2 cm³/mol. The third-order valence-electron chi connectivity index (χ3n) is 3.05. The average Bonchev–Trinajstić information content (AvgIpc) is 2.69. The Labute approximate surface area is 96.0 Å². The van der Waals surface area contributed by atoms with Crippen molar-refractivity contribution in [2.75, 3.05) is 20.1 Å². The van der Waals surface area contributed by atoms with Crippen molar-refractivity contribution in [1.29, 1.82) is 0 Å². The molecule has 1 fully saturated rings. The molecule has 0 aliphatic carbocycles. The van der Waals surface area contributed by atoms with Crippen molar-refractivity contribution in [3.63, 3.8) is 0 Å². The third-order valence-corrected chi connectivity index (χ3v) is 5.21. The number of rotatable bonds is 4. The predicted octanol–water partition coefficient (Wildman–Crippen LogP) is 0.122. The molecule has 94 valence electrons. The third kappa shape index (κ3) is 2.21. The smallest absolute Gasteiger partial charge is 0.324 e. The molecule has 0 amide bonds. The summed E-state index contributed by atoms with van der Waals surface area (Å²) >= 11 is 0. The summed E-state index contributed by atoms with van der Waals surface area (Å²) in [5.41, 5.74) is -1.43. The van der Waals surface area contributed by atoms with Gasteiger partial charge < -0.3 is 5.11 Å². The molecule has 0 spiro atoms. The fourth-order valence-electron chi connectivity index (χ4n) is 1.52. The summed E-state index contributed by atoms with van der Waals surface area (Å²) < 4.78 is 26.4. The molecule has 0 aromatic heterocycles. The van der Waals surface area contributed by atoms with Gasteiger partial charge in [0.2, 0.25) is 0 Å². The van der Waals surface area contributed by atoms with E-state index in [-0.39, 0.29) is 0 Å². The molecule has 0 radical (unpaired) electrons. The van der Waals surface area contributed by atoms with Crippen molar-refractivity contribution >= 4 is 16.2 Å². The van der Waals surface area contributed by atoms with Crippen molar-refractivity contribution in [3.8, 4) is 0 Å². The van der Waals surface area contributed by atoms with E-state index < -0.39 is 21.7 Å². The Kier molecular flexibility index (Phi) is 3.61. The van der Waals surface area contributed by atoms with Crippen LogP contribution in [0.3, 0.4) is 0 Å². The zero-order chi connectivity index (χ0) is 12.6. The summed E-state index contributed by atoms with van der Waals surface area (Å²) in [6.45, 7) is 3.71. The van der Waals surface area contributed by atoms with Gasteiger partial charge >= 0.3 is 5.97 Å². The van der Waals surface area contributed by atoms with Crippen LogP contribution in [0.4, 0.5) is 0 Å². The lowest BCUT2D eigenvalue weighted by atomic mass is 10.1. The molecule has 1 aliphatic heterocycles. The average molecular weight is 250 g/mol. The Balaban J connectivity index is 2.95. The minimum absolute atomic E-state index is 0.475. The van der Waals surface area contributed by atoms with Crippen molar-refractivity contribution < 1.29 is 18.3 Å². The minimum Gasteiger partial charge on any atom is -0.480 e. The summed E-state index contributed by atoms with van der Waals surface area (Å²) in [5, 5.41) is 8.99. The summed E-state index contributed by atoms with van der Waals surface area (Å²) in [6, 6.07) is 0. The van der Waals surface area contributed by atoms with Crippen LogP contribution in [0, 0.1) is 0 Å². The van der Waals surface area contributed by atoms with E-state index in [1.54, 1.807) is 0 Å². The maximum atomic E-state index is 12.1. The molecule has 0 bridgehead atoms. The number of carbonyl (C=O) groups is 1. The van der Waals surface area contributed by atoms with E-state index in [4.69, 9.17) is 5.11 Å². The zero-order valence-electron chi connectivity index (χ0n) is 9.80. The fourth-order valence-corrected chi connectivity index (χ4v) is 3.24. The van der Waals surface area contributed by atoms with Crippen molar-refractivity contribution in [3.05, 3.63) is 0 Å². The summed E-state index contributed by atoms with van der Waals surface area (Å²) in [5.74, 6) is -1.15. The van der Waals surface area contributed by atoms with Gasteiger partial charge in [0.15, 0.2) is 0 Å². The second-order valence-electron chi connectivity index (χ2n) is 4.45. The molecule has 0 aromatic rings. The van der Waals surface area contributed by atoms with Crippen LogP contribution in [-0.2, 0) is 15.0 Å². The Bertz CT molecular complexity index is 371. The van der Waals surface area contributed by atoms with E-state index >= 15 is 0 Å². The van der Waals surface area contributed by atoms with E-state index in [9.17, 15) is 13.2 Å². The van der Waals surface area contributed by atoms with Crippen LogP contribution < -0.4 is 0 Å². The van der Waals surface area contributed by atoms with Crippen molar-refractivity contribution in [2.45, 2.75) is 32.2 Å². The highest BCUT2D eigenvalue weighted by Gasteiger charge is 2.42. The normalized spacial score (nSPS) is 19.2. The Morgan fingerprint density at radius 3 is 2.12 bits per heavy atom. The maximum Gasteiger partial charge on any atom is 0.324 e. The van der Waals surface area contributed by atoms with Crippen molar-refractivity contribution in [2.24, 2.45) is 0 Å². The lowest BCUT2D eigenvalue weighted by Crippen LogP contribution is -2.54. The largest absolute Gasteiger partial charge is 0.480 e. The van der Waals surface area contributed by atoms with Gasteiger partial charge in [-0.25, -0.2) is 0 Å². The second-order valence-corrected chi connectivity index (χ2v) is 6.41. The monoisotopic (exact) mass is 250 g/mol. The molecular formula is C9H18N2O4S. The van der Waals surface area contributed by atoms with Gasteiger partial charge in [-0.3, -0.25) is 4.79 Å². The molecule has 1 aliphatic rings. The standard InChI is InChI=1S/C9H18N2O4S/c1-9(2,8(12)13)10(3)16(14,15)11-6-4-5-7-11/h4-7H2,1-3H3,(H,12,13). The lowest BCUT2D eigenvalue weighted by molar-refractivity contribution is -0.146. The summed E-state index contributed by atoms with van der Waals surface area (Å²) in [7, 11) is -2.35. The van der Waals surface area contributed by atoms with E-state index in [1.165, 1.54) is 25.2 Å². The summed E-state index contributed by atoms with van der Waals surface area (Å²) in [4.78, 5) is 11.0. The molecule has 1 N–H and O–H groups in total. The molecule has 0 atom stereocenters. The molecule has 16 heavy (non-hydrogen) atoms. The highest BCUT2D eigenvalue weighted by molar-refractivity contribution is 7.86. The fraction of sp³-hybridized carbons (Fsp3) is 0.889. The highest BCUT2D eigenvalue weighted by atomic mass is 32.2. The lowest BCUT2D eigenvalue weighted by Gasteiger charge is -2.33. The van der Waals surface area contributed by atoms with Gasteiger partial charge in [0.25, 0.3) is 10.2 Å². The van der Waals surface area contributed by atoms with Gasteiger partial charge in [-0.15, -0.1) is 0 Å². The van der Waals surface area contributed by atoms with Gasteiger partial charge in [0, 0.05) is 20.1 Å². The number of aliphatic carboxylic acids is 1. The number of hydrogen-bond acceptors (Lipinski definition) is 3. The first-order valence-corrected chi connectivity index (χ1v) is 6.58. The van der Waals surface area contributed by atoms with E-state index in [0.717, 1.165) is 17.1 Å². The Morgan fingerprint density at radius 2 is 1.75 bits per heavy atom. The zero-order valence-corrected chi connectivity index (χ0v) is 10.6. The number of hydrogen-bond donors (Lipinski definition) is 1. The Morgan fingerprint density at radius 1 is 1.31 bits per heavy atom. The molecule has 1 heterocycles. The molecule has 0 aromatic carbocycles.